The molecule has 0 spiro atoms. The van der Waals surface area contributed by atoms with Crippen LogP contribution in [0.3, 0.4) is 0 Å². The summed E-state index contributed by atoms with van der Waals surface area (Å²) in [6.07, 6.45) is 10.9. The van der Waals surface area contributed by atoms with Gasteiger partial charge in [0, 0.05) is 48.8 Å². The number of imidazole rings is 1. The summed E-state index contributed by atoms with van der Waals surface area (Å²) in [5, 5.41) is 22.6. The average molecular weight is 1000 g/mol. The molecule has 3 aromatic carbocycles. The number of aliphatic hydroxyl groups excluding tert-OH is 1. The van der Waals surface area contributed by atoms with E-state index in [1.165, 1.54) is 17.7 Å². The number of β-amino-alcohol motifs (C(OH)–C–C–N with tert-alkyl or cyclic N) is 1. The van der Waals surface area contributed by atoms with Crippen LogP contribution in [0.15, 0.2) is 72.2 Å². The van der Waals surface area contributed by atoms with Crippen LogP contribution in [0.25, 0.3) is 21.5 Å². The van der Waals surface area contributed by atoms with Crippen molar-refractivity contribution in [1.82, 2.24) is 40.7 Å². The van der Waals surface area contributed by atoms with Gasteiger partial charge < -0.3 is 36.3 Å². The number of likely N-dealkylation sites (tertiary alicyclic amines) is 2. The van der Waals surface area contributed by atoms with Crippen molar-refractivity contribution in [2.24, 2.45) is 5.41 Å². The lowest BCUT2D eigenvalue weighted by molar-refractivity contribution is -0.144. The van der Waals surface area contributed by atoms with E-state index in [-0.39, 0.29) is 48.5 Å². The number of fused-ring (bicyclic) bond motifs is 1. The van der Waals surface area contributed by atoms with Crippen molar-refractivity contribution in [2.75, 3.05) is 25.0 Å². The highest BCUT2D eigenvalue weighted by Gasteiger charge is 2.44. The second kappa shape index (κ2) is 25.1. The summed E-state index contributed by atoms with van der Waals surface area (Å²) in [6, 6.07) is 18.9. The second-order valence-corrected chi connectivity index (χ2v) is 21.8. The number of nitrogens with zero attached hydrogens (tertiary/aromatic N) is 4. The summed E-state index contributed by atoms with van der Waals surface area (Å²) in [4.78, 5) is 84.3. The number of aliphatic hydroxyl groups is 1. The Bertz CT molecular complexity index is 2620. The highest BCUT2D eigenvalue weighted by Crippen LogP contribution is 2.30. The molecule has 0 saturated carbocycles. The van der Waals surface area contributed by atoms with Gasteiger partial charge in [0.15, 0.2) is 0 Å². The number of H-pyrrole nitrogens is 1. The summed E-state index contributed by atoms with van der Waals surface area (Å²) in [5.74, 6) is -0.379. The van der Waals surface area contributed by atoms with Crippen LogP contribution in [0.2, 0.25) is 0 Å². The number of hydrogen-bond donors (Lipinski definition) is 6. The lowest BCUT2D eigenvalue weighted by Gasteiger charge is -2.35. The van der Waals surface area contributed by atoms with Gasteiger partial charge in [-0.15, -0.1) is 11.3 Å². The predicted octanol–water partition coefficient (Wildman–Crippen LogP) is 9.23. The van der Waals surface area contributed by atoms with Crippen LogP contribution in [0.4, 0.5) is 5.69 Å². The minimum Gasteiger partial charge on any atom is -0.391 e. The summed E-state index contributed by atoms with van der Waals surface area (Å²) in [7, 11) is 0. The van der Waals surface area contributed by atoms with Gasteiger partial charge in [-0.05, 0) is 112 Å². The Morgan fingerprint density at radius 1 is 0.861 bits per heavy atom. The maximum atomic E-state index is 14.1. The number of unbranched alkanes of at least 4 members (excludes halogenated alkanes) is 8. The lowest BCUT2D eigenvalue weighted by Crippen LogP contribution is -2.57. The molecule has 4 heterocycles. The number of anilines is 1. The molecule has 2 aliphatic heterocycles. The van der Waals surface area contributed by atoms with Gasteiger partial charge in [0.2, 0.25) is 17.7 Å². The molecular formula is C56H75N9O6S. The zero-order chi connectivity index (χ0) is 51.4. The van der Waals surface area contributed by atoms with Crippen LogP contribution >= 0.6 is 11.3 Å². The lowest BCUT2D eigenvalue weighted by atomic mass is 9.85. The minimum atomic E-state index is -0.857. The van der Waals surface area contributed by atoms with E-state index >= 15 is 0 Å². The summed E-state index contributed by atoms with van der Waals surface area (Å²) in [6.45, 7) is 14.3. The maximum absolute atomic E-state index is 14.1. The Balaban J connectivity index is 0.735. The first-order valence-electron chi connectivity index (χ1n) is 26.0. The molecule has 0 unspecified atom stereocenters. The first kappa shape index (κ1) is 53.8. The van der Waals surface area contributed by atoms with E-state index in [0.29, 0.717) is 42.2 Å². The van der Waals surface area contributed by atoms with E-state index in [1.807, 2.05) is 82.6 Å². The number of nitrogens with one attached hydrogen (secondary N) is 5. The van der Waals surface area contributed by atoms with Crippen molar-refractivity contribution < 1.29 is 29.1 Å². The van der Waals surface area contributed by atoms with Crippen molar-refractivity contribution in [3.05, 3.63) is 100 Å². The topological polar surface area (TPSA) is 202 Å². The molecular weight excluding hydrogens is 927 g/mol. The van der Waals surface area contributed by atoms with Gasteiger partial charge in [-0.2, -0.15) is 0 Å². The second-order valence-electron chi connectivity index (χ2n) is 21.0. The van der Waals surface area contributed by atoms with Gasteiger partial charge in [-0.1, -0.05) is 90.0 Å². The van der Waals surface area contributed by atoms with Gasteiger partial charge >= 0.3 is 0 Å². The molecule has 16 heteroatoms. The molecule has 5 amide bonds. The van der Waals surface area contributed by atoms with Crippen LogP contribution in [-0.4, -0.2) is 103 Å². The number of benzene rings is 3. The van der Waals surface area contributed by atoms with Crippen LogP contribution < -0.4 is 21.3 Å². The van der Waals surface area contributed by atoms with Crippen LogP contribution in [0.1, 0.15) is 162 Å². The molecule has 5 atom stereocenters. The predicted molar refractivity (Wildman–Crippen MR) is 284 cm³/mol. The van der Waals surface area contributed by atoms with Gasteiger partial charge in [-0.3, -0.25) is 28.9 Å². The summed E-state index contributed by atoms with van der Waals surface area (Å²) < 4.78 is 0. The minimum absolute atomic E-state index is 0.0266. The molecule has 0 bridgehead atoms. The Kier molecular flexibility index (Phi) is 18.8. The van der Waals surface area contributed by atoms with Crippen molar-refractivity contribution in [3.63, 3.8) is 0 Å². The van der Waals surface area contributed by atoms with Gasteiger partial charge in [-0.25, -0.2) is 9.97 Å². The number of aromatic amines is 1. The highest BCUT2D eigenvalue weighted by atomic mass is 32.1. The number of carbonyl (C=O) groups excluding carboxylic acids is 5. The third kappa shape index (κ3) is 14.6. The van der Waals surface area contributed by atoms with Crippen molar-refractivity contribution >= 4 is 57.6 Å². The quantitative estimate of drug-likeness (QED) is 0.0345. The van der Waals surface area contributed by atoms with E-state index in [4.69, 9.17) is 4.98 Å². The van der Waals surface area contributed by atoms with Crippen LogP contribution in [0, 0.1) is 12.3 Å². The van der Waals surface area contributed by atoms with E-state index in [2.05, 4.69) is 43.1 Å². The number of amides is 5. The summed E-state index contributed by atoms with van der Waals surface area (Å²) >= 11 is 1.58. The molecule has 72 heavy (non-hydrogen) atoms. The normalized spacial score (nSPS) is 18.0. The zero-order valence-corrected chi connectivity index (χ0v) is 43.8. The molecule has 7 rings (SSSR count). The number of aromatic nitrogens is 3. The maximum Gasteiger partial charge on any atom is 0.255 e. The van der Waals surface area contributed by atoms with E-state index < -0.39 is 23.6 Å². The third-order valence-corrected chi connectivity index (χ3v) is 15.1. The smallest absolute Gasteiger partial charge is 0.255 e. The SMILES string of the molecule is Cc1ncsc1-c1ccc([C@H](C)NC(=O)[C@@H]2C[C@@H](O)CN2C(=O)[C@@H](NC(=O)CCCCCCCCCCCNC(=O)c2ccc(C(=O)Nc3ccc4nc(CN5CCC[C@@H]5C)[nH]c4c3)cc2)C(C)(C)C)cc1. The highest BCUT2D eigenvalue weighted by molar-refractivity contribution is 7.13. The zero-order valence-electron chi connectivity index (χ0n) is 43.0. The Morgan fingerprint density at radius 2 is 1.53 bits per heavy atom. The van der Waals surface area contributed by atoms with Crippen molar-refractivity contribution in [3.8, 4) is 10.4 Å². The molecule has 0 radical (unpaired) electrons. The van der Waals surface area contributed by atoms with E-state index in [1.54, 1.807) is 35.6 Å². The third-order valence-electron chi connectivity index (χ3n) is 14.2. The molecule has 0 aliphatic carbocycles. The Labute approximate surface area is 428 Å². The molecule has 386 valence electrons. The molecule has 2 fully saturated rings. The first-order valence-corrected chi connectivity index (χ1v) is 26.9. The molecule has 2 aliphatic rings. The van der Waals surface area contributed by atoms with Crippen molar-refractivity contribution in [2.45, 2.75) is 162 Å². The number of hydrogen-bond acceptors (Lipinski definition) is 10. The number of aryl methyl sites for hydroxylation is 1. The molecule has 6 N–H and O–H groups in total. The van der Waals surface area contributed by atoms with Crippen LogP contribution in [0.5, 0.6) is 0 Å². The fourth-order valence-corrected chi connectivity index (χ4v) is 10.6. The van der Waals surface area contributed by atoms with E-state index in [0.717, 1.165) is 103 Å². The van der Waals surface area contributed by atoms with Gasteiger partial charge in [0.1, 0.15) is 17.9 Å². The number of rotatable bonds is 23. The van der Waals surface area contributed by atoms with Gasteiger partial charge in [0.25, 0.3) is 11.8 Å². The Hall–Kier alpha value is -5.97. The molecule has 2 aromatic heterocycles. The molecule has 15 nitrogen and oxygen atoms in total. The molecule has 2 saturated heterocycles. The average Bonchev–Trinajstić information content (AvgIpc) is 4.17. The molecule has 5 aromatic rings. The fourth-order valence-electron chi connectivity index (χ4n) is 9.81. The van der Waals surface area contributed by atoms with Crippen molar-refractivity contribution in [1.29, 1.82) is 0 Å². The Morgan fingerprint density at radius 3 is 2.17 bits per heavy atom. The monoisotopic (exact) mass is 1000 g/mol. The fraction of sp³-hybridized carbons (Fsp3) is 0.518. The first-order chi connectivity index (χ1) is 34.5. The summed E-state index contributed by atoms with van der Waals surface area (Å²) in [5.41, 5.74) is 7.55. The largest absolute Gasteiger partial charge is 0.391 e. The standard InChI is InChI=1S/C56H75N9O6S/c1-36-17-16-30-64(36)34-48-61-45-28-27-43(31-46(45)62-48)60-53(69)42-25-23-41(24-26-42)52(68)57-29-15-13-11-9-7-8-10-12-14-18-49(67)63-51(56(4,5)6)55(71)65-33-44(66)32-47(65)54(70)59-37(2)39-19-21-40(22-20-39)50-38(3)58-35-72-50/h19-28,31,35-37,44,47,51,66H,7-18,29-30,32-34H2,1-6H3,(H,57,68)(H,59,70)(H,60,69)(H,61,62)(H,63,67)/t36-,37-,44+,47-,51+/m0/s1. The number of carbonyl (C=O) groups is 5. The van der Waals surface area contributed by atoms with Gasteiger partial charge in [0.05, 0.1) is 45.8 Å². The van der Waals surface area contributed by atoms with Crippen LogP contribution in [-0.2, 0) is 20.9 Å². The number of thiazole rings is 1. The van der Waals surface area contributed by atoms with E-state index in [9.17, 15) is 29.1 Å².